The Labute approximate surface area is 107 Å². The Kier molecular flexibility index (Phi) is 3.27. The number of thioether (sulfide) groups is 1. The van der Waals surface area contributed by atoms with E-state index in [2.05, 4.69) is 0 Å². The highest BCUT2D eigenvalue weighted by atomic mass is 32.2. The molecule has 0 atom stereocenters. The molecule has 1 fully saturated rings. The third-order valence-electron chi connectivity index (χ3n) is 3.40. The van der Waals surface area contributed by atoms with E-state index in [9.17, 15) is 8.42 Å². The van der Waals surface area contributed by atoms with E-state index in [1.54, 1.807) is 6.07 Å². The average Bonchev–Trinajstić information content (AvgIpc) is 3.07. The quantitative estimate of drug-likeness (QED) is 0.848. The molecule has 1 aliphatic rings. The Hall–Kier alpha value is -0.520. The molecule has 0 bridgehead atoms. The summed E-state index contributed by atoms with van der Waals surface area (Å²) in [5.74, 6) is 0. The van der Waals surface area contributed by atoms with Gasteiger partial charge in [0, 0.05) is 23.1 Å². The van der Waals surface area contributed by atoms with E-state index < -0.39 is 9.84 Å². The minimum Gasteiger partial charge on any atom is -0.330 e. The molecule has 0 heterocycles. The molecule has 1 saturated carbocycles. The van der Waals surface area contributed by atoms with Crippen molar-refractivity contribution in [3.63, 3.8) is 0 Å². The molecule has 94 valence electrons. The number of rotatable bonds is 4. The van der Waals surface area contributed by atoms with E-state index in [0.29, 0.717) is 11.4 Å². The molecule has 0 saturated heterocycles. The Morgan fingerprint density at radius 2 is 2.06 bits per heavy atom. The summed E-state index contributed by atoms with van der Waals surface area (Å²) in [6, 6.07) is 5.51. The number of benzene rings is 1. The fourth-order valence-corrected chi connectivity index (χ4v) is 4.42. The summed E-state index contributed by atoms with van der Waals surface area (Å²) in [5, 5.41) is 0. The van der Waals surface area contributed by atoms with E-state index in [4.69, 9.17) is 5.73 Å². The minimum absolute atomic E-state index is 0.0268. The van der Waals surface area contributed by atoms with Crippen molar-refractivity contribution in [1.82, 2.24) is 0 Å². The van der Waals surface area contributed by atoms with Crippen LogP contribution in [0.2, 0.25) is 0 Å². The van der Waals surface area contributed by atoms with Crippen molar-refractivity contribution < 1.29 is 8.42 Å². The molecule has 0 aromatic heterocycles. The fourth-order valence-electron chi connectivity index (χ4n) is 2.17. The van der Waals surface area contributed by atoms with E-state index in [1.807, 2.05) is 18.4 Å². The molecular weight excluding hydrogens is 254 g/mol. The van der Waals surface area contributed by atoms with Crippen LogP contribution in [0, 0.1) is 0 Å². The summed E-state index contributed by atoms with van der Waals surface area (Å²) in [5.41, 5.74) is 6.96. The van der Waals surface area contributed by atoms with Crippen LogP contribution in [-0.2, 0) is 15.3 Å². The van der Waals surface area contributed by atoms with Gasteiger partial charge in [-0.2, -0.15) is 0 Å². The lowest BCUT2D eigenvalue weighted by Gasteiger charge is -2.18. The highest BCUT2D eigenvalue weighted by Gasteiger charge is 2.44. The van der Waals surface area contributed by atoms with Gasteiger partial charge in [-0.1, -0.05) is 12.1 Å². The van der Waals surface area contributed by atoms with Crippen LogP contribution in [0.5, 0.6) is 0 Å². The molecule has 1 aromatic rings. The topological polar surface area (TPSA) is 60.2 Å². The van der Waals surface area contributed by atoms with Gasteiger partial charge in [-0.15, -0.1) is 11.8 Å². The predicted molar refractivity (Wildman–Crippen MR) is 71.3 cm³/mol. The van der Waals surface area contributed by atoms with Crippen molar-refractivity contribution in [3.05, 3.63) is 23.8 Å². The van der Waals surface area contributed by atoms with Gasteiger partial charge in [0.15, 0.2) is 9.84 Å². The second kappa shape index (κ2) is 4.30. The molecule has 0 aliphatic heterocycles. The van der Waals surface area contributed by atoms with E-state index in [0.717, 1.165) is 23.3 Å². The van der Waals surface area contributed by atoms with Gasteiger partial charge in [0.25, 0.3) is 0 Å². The van der Waals surface area contributed by atoms with Gasteiger partial charge in [0.2, 0.25) is 0 Å². The molecule has 0 amide bonds. The molecule has 17 heavy (non-hydrogen) atoms. The highest BCUT2D eigenvalue weighted by Crippen LogP contribution is 2.51. The Morgan fingerprint density at radius 3 is 2.47 bits per heavy atom. The zero-order chi connectivity index (χ0) is 12.7. The van der Waals surface area contributed by atoms with Crippen LogP contribution in [0.25, 0.3) is 0 Å². The molecule has 0 spiro atoms. The average molecular weight is 271 g/mol. The molecular formula is C12H17NO2S2. The van der Waals surface area contributed by atoms with Crippen molar-refractivity contribution in [2.24, 2.45) is 5.73 Å². The monoisotopic (exact) mass is 271 g/mol. The van der Waals surface area contributed by atoms with Crippen molar-refractivity contribution in [2.45, 2.75) is 28.0 Å². The third-order valence-corrected chi connectivity index (χ3v) is 5.51. The molecule has 1 aliphatic carbocycles. The lowest BCUT2D eigenvalue weighted by atomic mass is 9.96. The maximum Gasteiger partial charge on any atom is 0.176 e. The summed E-state index contributed by atoms with van der Waals surface area (Å²) in [7, 11) is -3.17. The Morgan fingerprint density at radius 1 is 1.41 bits per heavy atom. The Balaban J connectivity index is 2.63. The zero-order valence-corrected chi connectivity index (χ0v) is 11.7. The lowest BCUT2D eigenvalue weighted by molar-refractivity contribution is 0.598. The summed E-state index contributed by atoms with van der Waals surface area (Å²) < 4.78 is 23.5. The van der Waals surface area contributed by atoms with Gasteiger partial charge >= 0.3 is 0 Å². The number of sulfone groups is 1. The second-order valence-corrected chi connectivity index (χ2v) is 7.39. The molecule has 2 rings (SSSR count). The SMILES string of the molecule is CSc1c(C2(CN)CC2)cccc1S(C)(=O)=O. The first-order valence-corrected chi connectivity index (χ1v) is 8.64. The number of hydrogen-bond donors (Lipinski definition) is 1. The molecule has 1 aromatic carbocycles. The van der Waals surface area contributed by atoms with E-state index in [1.165, 1.54) is 18.0 Å². The number of hydrogen-bond acceptors (Lipinski definition) is 4. The minimum atomic E-state index is -3.17. The van der Waals surface area contributed by atoms with Crippen LogP contribution in [0.15, 0.2) is 28.0 Å². The van der Waals surface area contributed by atoms with Gasteiger partial charge < -0.3 is 5.73 Å². The van der Waals surface area contributed by atoms with Crippen LogP contribution >= 0.6 is 11.8 Å². The van der Waals surface area contributed by atoms with Crippen LogP contribution in [0.4, 0.5) is 0 Å². The fraction of sp³-hybridized carbons (Fsp3) is 0.500. The van der Waals surface area contributed by atoms with Crippen molar-refractivity contribution in [2.75, 3.05) is 19.1 Å². The zero-order valence-electron chi connectivity index (χ0n) is 10.1. The van der Waals surface area contributed by atoms with E-state index >= 15 is 0 Å². The van der Waals surface area contributed by atoms with Gasteiger partial charge in [0.1, 0.15) is 0 Å². The van der Waals surface area contributed by atoms with Crippen LogP contribution in [0.1, 0.15) is 18.4 Å². The van der Waals surface area contributed by atoms with Crippen LogP contribution in [-0.4, -0.2) is 27.5 Å². The molecule has 3 nitrogen and oxygen atoms in total. The van der Waals surface area contributed by atoms with Gasteiger partial charge in [-0.3, -0.25) is 0 Å². The summed E-state index contributed by atoms with van der Waals surface area (Å²) in [6.45, 7) is 0.591. The van der Waals surface area contributed by atoms with Crippen LogP contribution in [0.3, 0.4) is 0 Å². The maximum atomic E-state index is 11.8. The van der Waals surface area contributed by atoms with Gasteiger partial charge in [-0.05, 0) is 30.7 Å². The second-order valence-electron chi connectivity index (χ2n) is 4.59. The van der Waals surface area contributed by atoms with Crippen molar-refractivity contribution >= 4 is 21.6 Å². The Bertz CT molecular complexity index is 533. The highest BCUT2D eigenvalue weighted by molar-refractivity contribution is 7.99. The summed E-state index contributed by atoms with van der Waals surface area (Å²) in [4.78, 5) is 1.31. The molecule has 0 radical (unpaired) electrons. The maximum absolute atomic E-state index is 11.8. The first-order chi connectivity index (χ1) is 7.94. The van der Waals surface area contributed by atoms with Gasteiger partial charge in [0.05, 0.1) is 4.90 Å². The third kappa shape index (κ3) is 2.23. The number of nitrogens with two attached hydrogens (primary N) is 1. The predicted octanol–water partition coefficient (Wildman–Crippen LogP) is 1.80. The lowest BCUT2D eigenvalue weighted by Crippen LogP contribution is -2.21. The van der Waals surface area contributed by atoms with E-state index in [-0.39, 0.29) is 5.41 Å². The molecule has 0 unspecified atom stereocenters. The van der Waals surface area contributed by atoms with Crippen molar-refractivity contribution in [1.29, 1.82) is 0 Å². The van der Waals surface area contributed by atoms with Crippen LogP contribution < -0.4 is 5.73 Å². The summed E-state index contributed by atoms with van der Waals surface area (Å²) in [6.07, 6.45) is 5.29. The standard InChI is InChI=1S/C12H17NO2S2/c1-16-11-9(12(8-13)6-7-12)4-3-5-10(11)17(2,14)15/h3-5H,6-8,13H2,1-2H3. The first-order valence-electron chi connectivity index (χ1n) is 5.52. The summed E-state index contributed by atoms with van der Waals surface area (Å²) >= 11 is 1.50. The molecule has 5 heteroatoms. The first kappa shape index (κ1) is 12.9. The van der Waals surface area contributed by atoms with Crippen molar-refractivity contribution in [3.8, 4) is 0 Å². The molecule has 2 N–H and O–H groups in total. The largest absolute Gasteiger partial charge is 0.330 e. The smallest absolute Gasteiger partial charge is 0.176 e. The normalized spacial score (nSPS) is 18.1. The van der Waals surface area contributed by atoms with Gasteiger partial charge in [-0.25, -0.2) is 8.42 Å².